The predicted molar refractivity (Wildman–Crippen MR) is 74.5 cm³/mol. The van der Waals surface area contributed by atoms with Gasteiger partial charge in [0.15, 0.2) is 0 Å². The fourth-order valence-corrected chi connectivity index (χ4v) is 1.71. The van der Waals surface area contributed by atoms with Crippen LogP contribution in [0, 0.1) is 11.8 Å². The Morgan fingerprint density at radius 3 is 2.06 bits per heavy atom. The van der Waals surface area contributed by atoms with Crippen LogP contribution in [0.25, 0.3) is 0 Å². The van der Waals surface area contributed by atoms with Crippen molar-refractivity contribution in [3.63, 3.8) is 0 Å². The van der Waals surface area contributed by atoms with Crippen molar-refractivity contribution in [2.75, 3.05) is 13.6 Å². The Morgan fingerprint density at radius 1 is 1.00 bits per heavy atom. The van der Waals surface area contributed by atoms with Crippen molar-refractivity contribution >= 4 is 0 Å². The molecule has 0 radical (unpaired) electrons. The average molecular weight is 225 g/mol. The second-order valence-corrected chi connectivity index (χ2v) is 5.81. The van der Waals surface area contributed by atoms with E-state index in [1.807, 2.05) is 0 Å². The molecule has 1 nitrogen and oxygen atoms in total. The van der Waals surface area contributed by atoms with Crippen molar-refractivity contribution < 1.29 is 0 Å². The molecule has 0 aromatic heterocycles. The molecule has 1 heteroatoms. The van der Waals surface area contributed by atoms with Gasteiger partial charge in [0.05, 0.1) is 0 Å². The topological polar surface area (TPSA) is 3.24 Å². The average Bonchev–Trinajstić information content (AvgIpc) is 2.20. The van der Waals surface area contributed by atoms with Crippen molar-refractivity contribution in [3.05, 3.63) is 12.3 Å². The number of nitrogens with zero attached hydrogens (tertiary/aromatic N) is 1. The fraction of sp³-hybridized carbons (Fsp3) is 0.867. The maximum Gasteiger partial charge on any atom is 0.0171 e. The van der Waals surface area contributed by atoms with E-state index in [4.69, 9.17) is 0 Å². The molecule has 0 rings (SSSR count). The summed E-state index contributed by atoms with van der Waals surface area (Å²) in [7, 11) is 2.18. The molecule has 96 valence electrons. The Bertz CT molecular complexity index is 182. The van der Waals surface area contributed by atoms with E-state index in [-0.39, 0.29) is 0 Å². The molecule has 0 amide bonds. The molecule has 0 bridgehead atoms. The van der Waals surface area contributed by atoms with Gasteiger partial charge in [0.1, 0.15) is 0 Å². The number of rotatable bonds is 9. The van der Waals surface area contributed by atoms with Crippen molar-refractivity contribution in [3.8, 4) is 0 Å². The van der Waals surface area contributed by atoms with Crippen LogP contribution in [0.4, 0.5) is 0 Å². The molecular weight excluding hydrogens is 194 g/mol. The van der Waals surface area contributed by atoms with Crippen molar-refractivity contribution in [1.82, 2.24) is 4.90 Å². The zero-order valence-electron chi connectivity index (χ0n) is 12.1. The van der Waals surface area contributed by atoms with Gasteiger partial charge in [-0.15, -0.1) is 0 Å². The highest BCUT2D eigenvalue weighted by atomic mass is 15.1. The van der Waals surface area contributed by atoms with Crippen molar-refractivity contribution in [2.24, 2.45) is 11.8 Å². The Kier molecular flexibility index (Phi) is 8.42. The molecule has 0 fully saturated rings. The summed E-state index contributed by atoms with van der Waals surface area (Å²) < 4.78 is 0. The largest absolute Gasteiger partial charge is 0.378 e. The fourth-order valence-electron chi connectivity index (χ4n) is 1.71. The maximum atomic E-state index is 4.17. The van der Waals surface area contributed by atoms with E-state index in [0.29, 0.717) is 0 Å². The minimum absolute atomic E-state index is 0.783. The van der Waals surface area contributed by atoms with Crippen LogP contribution in [0.2, 0.25) is 0 Å². The van der Waals surface area contributed by atoms with Crippen molar-refractivity contribution in [1.29, 1.82) is 0 Å². The van der Waals surface area contributed by atoms with Gasteiger partial charge in [-0.05, 0) is 31.1 Å². The standard InChI is InChI=1S/C15H31N/c1-13(2)9-7-8-12-16(6)15(5)11-10-14(3)4/h13-14H,5,7-12H2,1-4,6H3. The monoisotopic (exact) mass is 225 g/mol. The number of hydrogen-bond acceptors (Lipinski definition) is 1. The third-order valence-electron chi connectivity index (χ3n) is 3.08. The van der Waals surface area contributed by atoms with Gasteiger partial charge >= 0.3 is 0 Å². The molecule has 0 spiro atoms. The molecule has 0 saturated carbocycles. The van der Waals surface area contributed by atoms with Crippen molar-refractivity contribution in [2.45, 2.75) is 59.8 Å². The lowest BCUT2D eigenvalue weighted by Crippen LogP contribution is -2.18. The number of allylic oxidation sites excluding steroid dienone is 1. The second kappa shape index (κ2) is 8.66. The molecule has 0 atom stereocenters. The number of unbranched alkanes of at least 4 members (excludes halogenated alkanes) is 1. The summed E-state index contributed by atoms with van der Waals surface area (Å²) in [5, 5.41) is 0. The van der Waals surface area contributed by atoms with Crippen LogP contribution in [-0.2, 0) is 0 Å². The minimum atomic E-state index is 0.783. The van der Waals surface area contributed by atoms with Crippen LogP contribution in [0.1, 0.15) is 59.8 Å². The van der Waals surface area contributed by atoms with Crippen LogP contribution in [0.3, 0.4) is 0 Å². The van der Waals surface area contributed by atoms with Gasteiger partial charge in [0, 0.05) is 19.3 Å². The highest BCUT2D eigenvalue weighted by molar-refractivity contribution is 4.92. The van der Waals surface area contributed by atoms with Crippen LogP contribution in [-0.4, -0.2) is 18.5 Å². The Balaban J connectivity index is 3.55. The molecule has 0 N–H and O–H groups in total. The van der Waals surface area contributed by atoms with Crippen LogP contribution >= 0.6 is 0 Å². The minimum Gasteiger partial charge on any atom is -0.378 e. The first kappa shape index (κ1) is 15.5. The molecule has 0 aromatic rings. The molecule has 16 heavy (non-hydrogen) atoms. The van der Waals surface area contributed by atoms with Crippen LogP contribution in [0.15, 0.2) is 12.3 Å². The van der Waals surface area contributed by atoms with Gasteiger partial charge in [-0.3, -0.25) is 0 Å². The Labute approximate surface area is 103 Å². The van der Waals surface area contributed by atoms with E-state index in [9.17, 15) is 0 Å². The van der Waals surface area contributed by atoms with Gasteiger partial charge in [0.2, 0.25) is 0 Å². The Morgan fingerprint density at radius 2 is 1.56 bits per heavy atom. The van der Waals surface area contributed by atoms with E-state index in [1.165, 1.54) is 37.9 Å². The smallest absolute Gasteiger partial charge is 0.0171 e. The van der Waals surface area contributed by atoms with Crippen LogP contribution in [0.5, 0.6) is 0 Å². The normalized spacial score (nSPS) is 11.2. The lowest BCUT2D eigenvalue weighted by molar-refractivity contribution is 0.370. The third kappa shape index (κ3) is 8.82. The van der Waals surface area contributed by atoms with E-state index in [2.05, 4.69) is 46.2 Å². The highest BCUT2D eigenvalue weighted by Gasteiger charge is 2.03. The second-order valence-electron chi connectivity index (χ2n) is 5.81. The van der Waals surface area contributed by atoms with Gasteiger partial charge in [0.25, 0.3) is 0 Å². The summed E-state index contributed by atoms with van der Waals surface area (Å²) >= 11 is 0. The van der Waals surface area contributed by atoms with E-state index in [1.54, 1.807) is 0 Å². The van der Waals surface area contributed by atoms with Crippen LogP contribution < -0.4 is 0 Å². The molecule has 0 heterocycles. The van der Waals surface area contributed by atoms with Gasteiger partial charge in [-0.25, -0.2) is 0 Å². The molecule has 0 aromatic carbocycles. The molecule has 0 aliphatic heterocycles. The zero-order valence-corrected chi connectivity index (χ0v) is 12.1. The molecular formula is C15H31N. The third-order valence-corrected chi connectivity index (χ3v) is 3.08. The van der Waals surface area contributed by atoms with E-state index >= 15 is 0 Å². The SMILES string of the molecule is C=C(CCC(C)C)N(C)CCCCC(C)C. The van der Waals surface area contributed by atoms with Gasteiger partial charge in [-0.1, -0.05) is 47.1 Å². The summed E-state index contributed by atoms with van der Waals surface area (Å²) in [5.74, 6) is 1.63. The molecule has 0 aliphatic rings. The summed E-state index contributed by atoms with van der Waals surface area (Å²) in [6.45, 7) is 14.5. The lowest BCUT2D eigenvalue weighted by atomic mass is 10.1. The summed E-state index contributed by atoms with van der Waals surface area (Å²) in [4.78, 5) is 2.34. The first-order valence-electron chi connectivity index (χ1n) is 6.82. The molecule has 0 unspecified atom stereocenters. The van der Waals surface area contributed by atoms with Gasteiger partial charge in [-0.2, -0.15) is 0 Å². The highest BCUT2D eigenvalue weighted by Crippen LogP contribution is 2.14. The molecule has 0 saturated heterocycles. The quantitative estimate of drug-likeness (QED) is 0.514. The lowest BCUT2D eigenvalue weighted by Gasteiger charge is -2.22. The molecule has 0 aliphatic carbocycles. The first-order chi connectivity index (χ1) is 7.43. The number of hydrogen-bond donors (Lipinski definition) is 0. The van der Waals surface area contributed by atoms with E-state index in [0.717, 1.165) is 18.3 Å². The van der Waals surface area contributed by atoms with Gasteiger partial charge < -0.3 is 4.90 Å². The zero-order chi connectivity index (χ0) is 12.6. The summed E-state index contributed by atoms with van der Waals surface area (Å²) in [5.41, 5.74) is 1.30. The predicted octanol–water partition coefficient (Wildman–Crippen LogP) is 4.69. The summed E-state index contributed by atoms with van der Waals surface area (Å²) in [6.07, 6.45) is 6.41. The first-order valence-corrected chi connectivity index (χ1v) is 6.82. The van der Waals surface area contributed by atoms with E-state index < -0.39 is 0 Å². The Hall–Kier alpha value is -0.460. The maximum absolute atomic E-state index is 4.17. The summed E-state index contributed by atoms with van der Waals surface area (Å²) in [6, 6.07) is 0.